The van der Waals surface area contributed by atoms with Crippen LogP contribution in [0.1, 0.15) is 11.1 Å². The summed E-state index contributed by atoms with van der Waals surface area (Å²) in [6, 6.07) is 13.7. The first-order valence-corrected chi connectivity index (χ1v) is 6.42. The lowest BCUT2D eigenvalue weighted by Crippen LogP contribution is -2.40. The molecule has 0 fully saturated rings. The number of ether oxygens (including phenoxy) is 1. The van der Waals surface area contributed by atoms with Crippen LogP contribution in [0.3, 0.4) is 0 Å². The zero-order valence-corrected chi connectivity index (χ0v) is 11.3. The molecule has 0 aliphatic carbocycles. The molecule has 0 saturated carbocycles. The molecule has 0 aliphatic rings. The Hall–Kier alpha value is -1.91. The predicted octanol–water partition coefficient (Wildman–Crippen LogP) is 2.36. The first-order chi connectivity index (χ1) is 9.55. The number of aryl methyl sites for hydroxylation is 1. The molecule has 3 nitrogen and oxygen atoms in total. The third kappa shape index (κ3) is 3.15. The number of halogens is 1. The Labute approximate surface area is 117 Å². The molecule has 0 spiro atoms. The Balaban J connectivity index is 2.13. The molecular weight excluding hydrogens is 257 g/mol. The van der Waals surface area contributed by atoms with Crippen LogP contribution in [0, 0.1) is 12.7 Å². The lowest BCUT2D eigenvalue weighted by atomic mass is 9.95. The molecule has 0 aliphatic heterocycles. The second-order valence-electron chi connectivity index (χ2n) is 4.80. The normalized spacial score (nSPS) is 13.8. The summed E-state index contributed by atoms with van der Waals surface area (Å²) in [6.45, 7) is 1.67. The van der Waals surface area contributed by atoms with Gasteiger partial charge in [-0.25, -0.2) is 4.39 Å². The van der Waals surface area contributed by atoms with Gasteiger partial charge in [-0.1, -0.05) is 36.4 Å². The van der Waals surface area contributed by atoms with Crippen LogP contribution in [-0.4, -0.2) is 18.3 Å². The number of rotatable bonds is 5. The maximum atomic E-state index is 13.4. The van der Waals surface area contributed by atoms with Crippen LogP contribution < -0.4 is 10.5 Å². The van der Waals surface area contributed by atoms with Crippen molar-refractivity contribution in [3.63, 3.8) is 0 Å². The quantitative estimate of drug-likeness (QED) is 0.880. The van der Waals surface area contributed by atoms with Crippen molar-refractivity contribution >= 4 is 0 Å². The number of nitrogens with two attached hydrogens (primary N) is 1. The summed E-state index contributed by atoms with van der Waals surface area (Å²) in [5.41, 5.74) is 5.59. The van der Waals surface area contributed by atoms with Gasteiger partial charge in [-0.05, 0) is 24.1 Å². The molecule has 1 atom stereocenters. The molecule has 0 heterocycles. The summed E-state index contributed by atoms with van der Waals surface area (Å²) in [5.74, 6) is 0.0365. The molecule has 0 radical (unpaired) electrons. The minimum absolute atomic E-state index is 0.0192. The molecule has 4 heteroatoms. The van der Waals surface area contributed by atoms with Crippen LogP contribution in [0.5, 0.6) is 5.75 Å². The van der Waals surface area contributed by atoms with Gasteiger partial charge in [-0.15, -0.1) is 0 Å². The molecular formula is C16H18FNO2. The number of benzene rings is 2. The number of aliphatic hydroxyl groups is 1. The first kappa shape index (κ1) is 14.5. The zero-order valence-electron chi connectivity index (χ0n) is 11.3. The van der Waals surface area contributed by atoms with E-state index in [2.05, 4.69) is 0 Å². The summed E-state index contributed by atoms with van der Waals surface area (Å²) < 4.78 is 18.9. The van der Waals surface area contributed by atoms with Gasteiger partial charge in [-0.3, -0.25) is 0 Å². The highest BCUT2D eigenvalue weighted by molar-refractivity contribution is 5.29. The highest BCUT2D eigenvalue weighted by Gasteiger charge is 2.28. The lowest BCUT2D eigenvalue weighted by Gasteiger charge is -2.27. The summed E-state index contributed by atoms with van der Waals surface area (Å²) in [4.78, 5) is 0. The van der Waals surface area contributed by atoms with E-state index < -0.39 is 5.60 Å². The van der Waals surface area contributed by atoms with E-state index in [0.717, 1.165) is 0 Å². The molecule has 0 aromatic heterocycles. The predicted molar refractivity (Wildman–Crippen MR) is 76.0 cm³/mol. The molecule has 2 rings (SSSR count). The Morgan fingerprint density at radius 1 is 1.20 bits per heavy atom. The Bertz CT molecular complexity index is 574. The summed E-state index contributed by atoms with van der Waals surface area (Å²) in [5, 5.41) is 10.5. The van der Waals surface area contributed by atoms with Crippen LogP contribution in [-0.2, 0) is 5.60 Å². The van der Waals surface area contributed by atoms with Gasteiger partial charge >= 0.3 is 0 Å². The topological polar surface area (TPSA) is 55.5 Å². The summed E-state index contributed by atoms with van der Waals surface area (Å²) >= 11 is 0. The van der Waals surface area contributed by atoms with Crippen molar-refractivity contribution in [2.45, 2.75) is 12.5 Å². The van der Waals surface area contributed by atoms with E-state index >= 15 is 0 Å². The van der Waals surface area contributed by atoms with Crippen LogP contribution in [0.15, 0.2) is 48.5 Å². The Kier molecular flexibility index (Phi) is 4.37. The van der Waals surface area contributed by atoms with Crippen LogP contribution >= 0.6 is 0 Å². The van der Waals surface area contributed by atoms with Gasteiger partial charge in [-0.2, -0.15) is 0 Å². The SMILES string of the molecule is Cc1ccc(OCC(O)(CN)c2ccccc2)cc1F. The van der Waals surface area contributed by atoms with Crippen molar-refractivity contribution in [3.05, 3.63) is 65.5 Å². The lowest BCUT2D eigenvalue weighted by molar-refractivity contribution is -0.00154. The molecule has 0 amide bonds. The van der Waals surface area contributed by atoms with E-state index in [1.807, 2.05) is 18.2 Å². The van der Waals surface area contributed by atoms with Gasteiger partial charge in [0.05, 0.1) is 0 Å². The molecule has 20 heavy (non-hydrogen) atoms. The van der Waals surface area contributed by atoms with Crippen molar-refractivity contribution in [3.8, 4) is 5.75 Å². The van der Waals surface area contributed by atoms with Gasteiger partial charge in [0.2, 0.25) is 0 Å². The average molecular weight is 275 g/mol. The van der Waals surface area contributed by atoms with Gasteiger partial charge in [0.25, 0.3) is 0 Å². The molecule has 1 unspecified atom stereocenters. The van der Waals surface area contributed by atoms with E-state index in [1.165, 1.54) is 6.07 Å². The van der Waals surface area contributed by atoms with Gasteiger partial charge in [0, 0.05) is 12.6 Å². The molecule has 2 aromatic rings. The third-order valence-corrected chi connectivity index (χ3v) is 3.27. The van der Waals surface area contributed by atoms with Crippen molar-refractivity contribution in [2.24, 2.45) is 5.73 Å². The van der Waals surface area contributed by atoms with E-state index in [-0.39, 0.29) is 19.0 Å². The standard InChI is InChI=1S/C16H18FNO2/c1-12-7-8-14(9-15(12)17)20-11-16(19,10-18)13-5-3-2-4-6-13/h2-9,19H,10-11,18H2,1H3. The molecule has 0 saturated heterocycles. The second kappa shape index (κ2) is 6.03. The highest BCUT2D eigenvalue weighted by Crippen LogP contribution is 2.23. The maximum absolute atomic E-state index is 13.4. The highest BCUT2D eigenvalue weighted by atomic mass is 19.1. The zero-order chi connectivity index (χ0) is 14.6. The van der Waals surface area contributed by atoms with E-state index in [1.54, 1.807) is 31.2 Å². The second-order valence-corrected chi connectivity index (χ2v) is 4.80. The van der Waals surface area contributed by atoms with E-state index in [4.69, 9.17) is 10.5 Å². The third-order valence-electron chi connectivity index (χ3n) is 3.27. The van der Waals surface area contributed by atoms with Gasteiger partial charge < -0.3 is 15.6 Å². The van der Waals surface area contributed by atoms with Crippen molar-refractivity contribution in [1.29, 1.82) is 0 Å². The Morgan fingerprint density at radius 2 is 1.90 bits per heavy atom. The monoisotopic (exact) mass is 275 g/mol. The fourth-order valence-corrected chi connectivity index (χ4v) is 1.87. The van der Waals surface area contributed by atoms with E-state index in [0.29, 0.717) is 16.9 Å². The van der Waals surface area contributed by atoms with Gasteiger partial charge in [0.1, 0.15) is 23.8 Å². The molecule has 106 valence electrons. The number of hydrogen-bond acceptors (Lipinski definition) is 3. The van der Waals surface area contributed by atoms with Crippen molar-refractivity contribution < 1.29 is 14.2 Å². The van der Waals surface area contributed by atoms with Crippen molar-refractivity contribution in [2.75, 3.05) is 13.2 Å². The van der Waals surface area contributed by atoms with Crippen LogP contribution in [0.4, 0.5) is 4.39 Å². The van der Waals surface area contributed by atoms with Crippen LogP contribution in [0.25, 0.3) is 0 Å². The first-order valence-electron chi connectivity index (χ1n) is 6.42. The maximum Gasteiger partial charge on any atom is 0.136 e. The number of hydrogen-bond donors (Lipinski definition) is 2. The minimum atomic E-state index is -1.29. The Morgan fingerprint density at radius 3 is 2.50 bits per heavy atom. The summed E-state index contributed by atoms with van der Waals surface area (Å²) in [6.07, 6.45) is 0. The minimum Gasteiger partial charge on any atom is -0.490 e. The molecule has 2 aromatic carbocycles. The smallest absolute Gasteiger partial charge is 0.136 e. The fraction of sp³-hybridized carbons (Fsp3) is 0.250. The summed E-state index contributed by atoms with van der Waals surface area (Å²) in [7, 11) is 0. The average Bonchev–Trinajstić information content (AvgIpc) is 2.49. The molecule has 3 N–H and O–H groups in total. The van der Waals surface area contributed by atoms with Crippen LogP contribution in [0.2, 0.25) is 0 Å². The molecule has 0 bridgehead atoms. The largest absolute Gasteiger partial charge is 0.490 e. The van der Waals surface area contributed by atoms with Gasteiger partial charge in [0.15, 0.2) is 0 Å². The van der Waals surface area contributed by atoms with Crippen molar-refractivity contribution in [1.82, 2.24) is 0 Å². The fourth-order valence-electron chi connectivity index (χ4n) is 1.87. The van der Waals surface area contributed by atoms with E-state index in [9.17, 15) is 9.50 Å².